The maximum atomic E-state index is 12.5. The maximum absolute atomic E-state index is 12.5. The van der Waals surface area contributed by atoms with Crippen LogP contribution >= 0.6 is 12.4 Å². The summed E-state index contributed by atoms with van der Waals surface area (Å²) >= 11 is 0. The van der Waals surface area contributed by atoms with E-state index in [4.69, 9.17) is 4.74 Å². The third-order valence-corrected chi connectivity index (χ3v) is 2.87. The summed E-state index contributed by atoms with van der Waals surface area (Å²) in [6.45, 7) is 2.15. The van der Waals surface area contributed by atoms with Gasteiger partial charge in [0, 0.05) is 0 Å². The normalized spacial score (nSPS) is 23.2. The molecule has 0 radical (unpaired) electrons. The summed E-state index contributed by atoms with van der Waals surface area (Å²) in [4.78, 5) is 3.67. The number of pyridine rings is 1. The number of halogens is 4. The molecular formula is C11H14ClF3N2O. The van der Waals surface area contributed by atoms with E-state index in [1.807, 2.05) is 0 Å². The Morgan fingerprint density at radius 1 is 1.39 bits per heavy atom. The van der Waals surface area contributed by atoms with Crippen molar-refractivity contribution in [2.24, 2.45) is 0 Å². The van der Waals surface area contributed by atoms with E-state index in [0.29, 0.717) is 12.3 Å². The smallest absolute Gasteiger partial charge is 0.370 e. The molecule has 1 aliphatic rings. The van der Waals surface area contributed by atoms with Gasteiger partial charge in [0.25, 0.3) is 0 Å². The topological polar surface area (TPSA) is 34.1 Å². The molecule has 0 amide bonds. The first-order valence-corrected chi connectivity index (χ1v) is 5.30. The lowest BCUT2D eigenvalue weighted by Crippen LogP contribution is -2.30. The van der Waals surface area contributed by atoms with Crippen LogP contribution in [0.2, 0.25) is 0 Å². The molecule has 0 aliphatic carbocycles. The monoisotopic (exact) mass is 282 g/mol. The molecule has 0 fully saturated rings. The fourth-order valence-corrected chi connectivity index (χ4v) is 1.91. The second-order valence-electron chi connectivity index (χ2n) is 3.99. The van der Waals surface area contributed by atoms with Crippen molar-refractivity contribution >= 4 is 12.4 Å². The van der Waals surface area contributed by atoms with Gasteiger partial charge in [-0.2, -0.15) is 13.2 Å². The van der Waals surface area contributed by atoms with Crippen molar-refractivity contribution in [3.63, 3.8) is 0 Å². The van der Waals surface area contributed by atoms with Crippen LogP contribution in [0.3, 0.4) is 0 Å². The first-order chi connectivity index (χ1) is 7.93. The number of aromatic nitrogens is 1. The summed E-state index contributed by atoms with van der Waals surface area (Å²) in [6.07, 6.45) is -4.82. The number of nitrogens with zero attached hydrogens (tertiary/aromatic N) is 1. The third kappa shape index (κ3) is 2.76. The van der Waals surface area contributed by atoms with E-state index in [1.165, 1.54) is 6.07 Å². The Morgan fingerprint density at radius 2 is 2.06 bits per heavy atom. The molecule has 3 nitrogen and oxygen atoms in total. The van der Waals surface area contributed by atoms with Crippen LogP contribution in [0.5, 0.6) is 0 Å². The molecular weight excluding hydrogens is 269 g/mol. The van der Waals surface area contributed by atoms with E-state index in [-0.39, 0.29) is 18.4 Å². The van der Waals surface area contributed by atoms with Crippen LogP contribution in [-0.2, 0) is 10.9 Å². The molecule has 1 aliphatic heterocycles. The van der Waals surface area contributed by atoms with Gasteiger partial charge in [-0.15, -0.1) is 12.4 Å². The van der Waals surface area contributed by atoms with Gasteiger partial charge < -0.3 is 10.1 Å². The minimum absolute atomic E-state index is 0. The van der Waals surface area contributed by atoms with Crippen LogP contribution in [0.25, 0.3) is 0 Å². The number of hydrogen-bond donors (Lipinski definition) is 1. The van der Waals surface area contributed by atoms with Gasteiger partial charge in [-0.05, 0) is 25.6 Å². The lowest BCUT2D eigenvalue weighted by Gasteiger charge is -2.29. The van der Waals surface area contributed by atoms with Gasteiger partial charge in [-0.1, -0.05) is 6.07 Å². The first kappa shape index (κ1) is 15.2. The lowest BCUT2D eigenvalue weighted by atomic mass is 9.99. The molecule has 0 bridgehead atoms. The molecule has 1 N–H and O–H groups in total. The summed E-state index contributed by atoms with van der Waals surface area (Å²) in [6, 6.07) is 2.39. The molecule has 2 atom stereocenters. The number of ether oxygens (including phenoxy) is 1. The molecule has 0 aromatic carbocycles. The average molecular weight is 283 g/mol. The first-order valence-electron chi connectivity index (χ1n) is 5.30. The van der Waals surface area contributed by atoms with E-state index < -0.39 is 18.0 Å². The Balaban J connectivity index is 0.00000162. The molecule has 0 saturated carbocycles. The molecule has 18 heavy (non-hydrogen) atoms. The van der Waals surface area contributed by atoms with Crippen molar-refractivity contribution in [2.75, 3.05) is 13.7 Å². The highest BCUT2D eigenvalue weighted by atomic mass is 35.5. The molecule has 1 aromatic heterocycles. The van der Waals surface area contributed by atoms with E-state index in [1.54, 1.807) is 14.0 Å². The molecule has 0 saturated heterocycles. The highest BCUT2D eigenvalue weighted by Crippen LogP contribution is 2.34. The fourth-order valence-electron chi connectivity index (χ4n) is 1.91. The zero-order valence-corrected chi connectivity index (χ0v) is 10.7. The van der Waals surface area contributed by atoms with E-state index in [9.17, 15) is 13.2 Å². The summed E-state index contributed by atoms with van der Waals surface area (Å²) in [5.41, 5.74) is 0.271. The summed E-state index contributed by atoms with van der Waals surface area (Å²) in [5.74, 6) is 0. The predicted octanol–water partition coefficient (Wildman–Crippen LogP) is 2.87. The second-order valence-corrected chi connectivity index (χ2v) is 3.99. The summed E-state index contributed by atoms with van der Waals surface area (Å²) in [7, 11) is 1.74. The average Bonchev–Trinajstić information content (AvgIpc) is 2.28. The van der Waals surface area contributed by atoms with Crippen molar-refractivity contribution in [1.29, 1.82) is 0 Å². The Morgan fingerprint density at radius 3 is 2.61 bits per heavy atom. The molecule has 2 heterocycles. The minimum atomic E-state index is -4.42. The van der Waals surface area contributed by atoms with Crippen LogP contribution in [0.1, 0.15) is 36.0 Å². The van der Waals surface area contributed by atoms with Crippen molar-refractivity contribution in [2.45, 2.75) is 25.2 Å². The highest BCUT2D eigenvalue weighted by molar-refractivity contribution is 5.85. The summed E-state index contributed by atoms with van der Waals surface area (Å²) in [5, 5.41) is 2.99. The standard InChI is InChI=1S/C11H13F3N2O.ClH/c1-6-10-7(8(15-2)5-17-6)3-4-9(16-10)11(12,13)14;/h3-4,6,8,15H,5H2,1-2H3;1H/t6-,8-;/m1./s1. The quantitative estimate of drug-likeness (QED) is 0.860. The Hall–Kier alpha value is -0.850. The lowest BCUT2D eigenvalue weighted by molar-refractivity contribution is -0.141. The SMILES string of the molecule is CN[C@@H]1CO[C@H](C)c2nc(C(F)(F)F)ccc21.Cl. The van der Waals surface area contributed by atoms with Crippen LogP contribution in [0.15, 0.2) is 12.1 Å². The maximum Gasteiger partial charge on any atom is 0.433 e. The van der Waals surface area contributed by atoms with Gasteiger partial charge in [-0.3, -0.25) is 0 Å². The molecule has 7 heteroatoms. The third-order valence-electron chi connectivity index (χ3n) is 2.87. The van der Waals surface area contributed by atoms with E-state index in [0.717, 1.165) is 11.6 Å². The van der Waals surface area contributed by atoms with Crippen LogP contribution in [0.4, 0.5) is 13.2 Å². The highest BCUT2D eigenvalue weighted by Gasteiger charge is 2.35. The molecule has 2 rings (SSSR count). The number of rotatable bonds is 1. The van der Waals surface area contributed by atoms with Gasteiger partial charge in [-0.25, -0.2) is 4.98 Å². The zero-order chi connectivity index (χ0) is 12.6. The van der Waals surface area contributed by atoms with Crippen LogP contribution in [-0.4, -0.2) is 18.6 Å². The van der Waals surface area contributed by atoms with E-state index in [2.05, 4.69) is 10.3 Å². The van der Waals surface area contributed by atoms with Crippen molar-refractivity contribution < 1.29 is 17.9 Å². The van der Waals surface area contributed by atoms with Gasteiger partial charge >= 0.3 is 6.18 Å². The Labute approximate surface area is 109 Å². The Bertz CT molecular complexity index is 425. The fraction of sp³-hybridized carbons (Fsp3) is 0.545. The van der Waals surface area contributed by atoms with Gasteiger partial charge in [0.1, 0.15) is 5.69 Å². The number of alkyl halides is 3. The molecule has 1 aromatic rings. The van der Waals surface area contributed by atoms with Crippen molar-refractivity contribution in [3.05, 3.63) is 29.1 Å². The summed E-state index contributed by atoms with van der Waals surface area (Å²) < 4.78 is 43.0. The van der Waals surface area contributed by atoms with Crippen LogP contribution < -0.4 is 5.32 Å². The molecule has 102 valence electrons. The van der Waals surface area contributed by atoms with Crippen molar-refractivity contribution in [1.82, 2.24) is 10.3 Å². The van der Waals surface area contributed by atoms with Crippen LogP contribution in [0, 0.1) is 0 Å². The molecule has 0 spiro atoms. The van der Waals surface area contributed by atoms with Crippen molar-refractivity contribution in [3.8, 4) is 0 Å². The number of fused-ring (bicyclic) bond motifs is 1. The largest absolute Gasteiger partial charge is 0.433 e. The number of hydrogen-bond acceptors (Lipinski definition) is 3. The number of likely N-dealkylation sites (N-methyl/N-ethyl adjacent to an activating group) is 1. The second kappa shape index (κ2) is 5.42. The minimum Gasteiger partial charge on any atom is -0.370 e. The van der Waals surface area contributed by atoms with Gasteiger partial charge in [0.2, 0.25) is 0 Å². The van der Waals surface area contributed by atoms with Gasteiger partial charge in [0.15, 0.2) is 0 Å². The predicted molar refractivity (Wildman–Crippen MR) is 62.7 cm³/mol. The molecule has 0 unspecified atom stereocenters. The van der Waals surface area contributed by atoms with E-state index >= 15 is 0 Å². The van der Waals surface area contributed by atoms with Gasteiger partial charge in [0.05, 0.1) is 24.4 Å². The number of nitrogens with one attached hydrogen (secondary N) is 1. The zero-order valence-electron chi connectivity index (χ0n) is 9.91. The Kier molecular flexibility index (Phi) is 4.58.